The Labute approximate surface area is 127 Å². The topological polar surface area (TPSA) is 83.7 Å². The van der Waals surface area contributed by atoms with E-state index in [0.29, 0.717) is 12.8 Å². The van der Waals surface area contributed by atoms with Crippen LogP contribution in [0.5, 0.6) is 0 Å². The molecule has 1 fully saturated rings. The molecule has 0 bridgehead atoms. The zero-order chi connectivity index (χ0) is 16.5. The third-order valence-corrected chi connectivity index (χ3v) is 4.09. The minimum absolute atomic E-state index is 0.0819. The number of aliphatic hydroxyl groups is 1. The molecule has 0 spiro atoms. The van der Waals surface area contributed by atoms with Gasteiger partial charge < -0.3 is 10.0 Å². The fourth-order valence-electron chi connectivity index (χ4n) is 3.05. The van der Waals surface area contributed by atoms with Crippen LogP contribution in [-0.2, 0) is 0 Å². The third-order valence-electron chi connectivity index (χ3n) is 4.09. The van der Waals surface area contributed by atoms with Crippen molar-refractivity contribution in [1.82, 2.24) is 4.90 Å². The maximum atomic E-state index is 13.5. The van der Waals surface area contributed by atoms with E-state index in [0.717, 1.165) is 25.0 Å². The molecule has 7 heteroatoms. The molecule has 22 heavy (non-hydrogen) atoms. The molecule has 1 amide bonds. The van der Waals surface area contributed by atoms with Crippen LogP contribution in [0.1, 0.15) is 41.6 Å². The highest BCUT2D eigenvalue weighted by Gasteiger charge is 2.35. The third kappa shape index (κ3) is 3.24. The fraction of sp³-hybridized carbons (Fsp3) is 0.533. The second kappa shape index (κ2) is 6.00. The minimum atomic E-state index is -0.957. The van der Waals surface area contributed by atoms with Crippen molar-refractivity contribution >= 4 is 11.6 Å². The van der Waals surface area contributed by atoms with Gasteiger partial charge in [0.2, 0.25) is 0 Å². The number of rotatable bonds is 4. The van der Waals surface area contributed by atoms with Gasteiger partial charge in [0.05, 0.1) is 10.5 Å². The Bertz CT molecular complexity index is 612. The Kier molecular flexibility index (Phi) is 4.46. The number of hydrogen-bond donors (Lipinski definition) is 1. The lowest BCUT2D eigenvalue weighted by molar-refractivity contribution is -0.385. The Balaban J connectivity index is 2.30. The number of amides is 1. The number of aryl methyl sites for hydroxylation is 1. The van der Waals surface area contributed by atoms with E-state index in [1.807, 2.05) is 0 Å². The van der Waals surface area contributed by atoms with Crippen LogP contribution in [0.2, 0.25) is 0 Å². The molecule has 1 aromatic carbocycles. The van der Waals surface area contributed by atoms with Gasteiger partial charge >= 0.3 is 0 Å². The van der Waals surface area contributed by atoms with E-state index >= 15 is 0 Å². The summed E-state index contributed by atoms with van der Waals surface area (Å²) in [6, 6.07) is 1.90. The highest BCUT2D eigenvalue weighted by Crippen LogP contribution is 2.31. The molecule has 6 nitrogen and oxygen atoms in total. The molecular formula is C15H19FN2O4. The fourth-order valence-corrected chi connectivity index (χ4v) is 3.05. The first kappa shape index (κ1) is 16.4. The Morgan fingerprint density at radius 1 is 1.45 bits per heavy atom. The van der Waals surface area contributed by atoms with Crippen molar-refractivity contribution in [3.05, 3.63) is 39.2 Å². The van der Waals surface area contributed by atoms with E-state index in [9.17, 15) is 24.4 Å². The van der Waals surface area contributed by atoms with Gasteiger partial charge in [-0.15, -0.1) is 0 Å². The van der Waals surface area contributed by atoms with Crippen molar-refractivity contribution in [1.29, 1.82) is 0 Å². The van der Waals surface area contributed by atoms with E-state index in [4.69, 9.17) is 0 Å². The molecule has 0 heterocycles. The van der Waals surface area contributed by atoms with Gasteiger partial charge in [0.1, 0.15) is 11.4 Å². The molecule has 120 valence electrons. The predicted octanol–water partition coefficient (Wildman–Crippen LogP) is 2.42. The van der Waals surface area contributed by atoms with Crippen molar-refractivity contribution in [3.63, 3.8) is 0 Å². The lowest BCUT2D eigenvalue weighted by Crippen LogP contribution is -2.42. The number of nitro groups is 1. The summed E-state index contributed by atoms with van der Waals surface area (Å²) in [7, 11) is 1.46. The van der Waals surface area contributed by atoms with Gasteiger partial charge in [0.15, 0.2) is 0 Å². The first-order valence-corrected chi connectivity index (χ1v) is 7.16. The molecule has 1 N–H and O–H groups in total. The molecule has 1 aliphatic carbocycles. The maximum Gasteiger partial charge on any atom is 0.285 e. The molecule has 0 radical (unpaired) electrons. The van der Waals surface area contributed by atoms with Crippen molar-refractivity contribution < 1.29 is 19.2 Å². The number of likely N-dealkylation sites (N-methyl/N-ethyl adjacent to an activating group) is 1. The molecule has 1 aliphatic rings. The van der Waals surface area contributed by atoms with Gasteiger partial charge in [-0.3, -0.25) is 14.9 Å². The van der Waals surface area contributed by atoms with Crippen LogP contribution in [0.3, 0.4) is 0 Å². The second-order valence-electron chi connectivity index (χ2n) is 5.97. The highest BCUT2D eigenvalue weighted by atomic mass is 19.1. The summed E-state index contributed by atoms with van der Waals surface area (Å²) in [5.41, 5.74) is -1.54. The highest BCUT2D eigenvalue weighted by molar-refractivity contribution is 5.98. The second-order valence-corrected chi connectivity index (χ2v) is 5.97. The van der Waals surface area contributed by atoms with E-state index in [-0.39, 0.29) is 17.7 Å². The SMILES string of the molecule is Cc1cc(F)cc(C(=O)N(C)CC2(O)CCCC2)c1[N+](=O)[O-]. The van der Waals surface area contributed by atoms with Gasteiger partial charge in [0.25, 0.3) is 11.6 Å². The summed E-state index contributed by atoms with van der Waals surface area (Å²) in [5.74, 6) is -1.35. The van der Waals surface area contributed by atoms with E-state index in [1.165, 1.54) is 18.9 Å². The number of carbonyl (C=O) groups is 1. The lowest BCUT2D eigenvalue weighted by Gasteiger charge is -2.28. The van der Waals surface area contributed by atoms with Gasteiger partial charge in [-0.1, -0.05) is 12.8 Å². The number of carbonyl (C=O) groups excluding carboxylic acids is 1. The van der Waals surface area contributed by atoms with Gasteiger partial charge in [0, 0.05) is 19.2 Å². The number of hydrogen-bond acceptors (Lipinski definition) is 4. The molecule has 0 aliphatic heterocycles. The van der Waals surface area contributed by atoms with E-state index in [1.54, 1.807) is 0 Å². The van der Waals surface area contributed by atoms with Crippen molar-refractivity contribution in [2.75, 3.05) is 13.6 Å². The zero-order valence-corrected chi connectivity index (χ0v) is 12.6. The number of nitrogens with zero attached hydrogens (tertiary/aromatic N) is 2. The van der Waals surface area contributed by atoms with Gasteiger partial charge in [-0.25, -0.2) is 4.39 Å². The summed E-state index contributed by atoms with van der Waals surface area (Å²) >= 11 is 0. The van der Waals surface area contributed by atoms with Crippen LogP contribution in [0, 0.1) is 22.9 Å². The monoisotopic (exact) mass is 310 g/mol. The van der Waals surface area contributed by atoms with Crippen molar-refractivity contribution in [3.8, 4) is 0 Å². The van der Waals surface area contributed by atoms with E-state index in [2.05, 4.69) is 0 Å². The van der Waals surface area contributed by atoms with Crippen LogP contribution < -0.4 is 0 Å². The number of benzene rings is 1. The van der Waals surface area contributed by atoms with Crippen molar-refractivity contribution in [2.24, 2.45) is 0 Å². The van der Waals surface area contributed by atoms with Gasteiger partial charge in [-0.05, 0) is 31.9 Å². The summed E-state index contributed by atoms with van der Waals surface area (Å²) in [5, 5.41) is 21.5. The molecule has 1 saturated carbocycles. The Hall–Kier alpha value is -2.02. The Morgan fingerprint density at radius 2 is 2.05 bits per heavy atom. The molecule has 0 saturated heterocycles. The number of nitro benzene ring substituents is 1. The van der Waals surface area contributed by atoms with Crippen LogP contribution in [0.4, 0.5) is 10.1 Å². The summed E-state index contributed by atoms with van der Waals surface area (Å²) in [4.78, 5) is 24.1. The molecule has 2 rings (SSSR count). The normalized spacial score (nSPS) is 16.5. The summed E-state index contributed by atoms with van der Waals surface area (Å²) < 4.78 is 13.5. The smallest absolute Gasteiger partial charge is 0.285 e. The van der Waals surface area contributed by atoms with Crippen LogP contribution in [0.15, 0.2) is 12.1 Å². The van der Waals surface area contributed by atoms with E-state index < -0.39 is 27.9 Å². The maximum absolute atomic E-state index is 13.5. The molecule has 1 aromatic rings. The quantitative estimate of drug-likeness (QED) is 0.684. The minimum Gasteiger partial charge on any atom is -0.388 e. The first-order chi connectivity index (χ1) is 10.2. The first-order valence-electron chi connectivity index (χ1n) is 7.16. The van der Waals surface area contributed by atoms with Crippen LogP contribution in [-0.4, -0.2) is 40.0 Å². The van der Waals surface area contributed by atoms with Gasteiger partial charge in [-0.2, -0.15) is 0 Å². The Morgan fingerprint density at radius 3 is 2.59 bits per heavy atom. The lowest BCUT2D eigenvalue weighted by atomic mass is 10.0. The average Bonchev–Trinajstić information content (AvgIpc) is 2.82. The average molecular weight is 310 g/mol. The summed E-state index contributed by atoms with van der Waals surface area (Å²) in [6.07, 6.45) is 2.96. The molecule has 0 atom stereocenters. The van der Waals surface area contributed by atoms with Crippen LogP contribution in [0.25, 0.3) is 0 Å². The van der Waals surface area contributed by atoms with Crippen molar-refractivity contribution in [2.45, 2.75) is 38.2 Å². The number of halogens is 1. The predicted molar refractivity (Wildman–Crippen MR) is 78.2 cm³/mol. The molecular weight excluding hydrogens is 291 g/mol. The zero-order valence-electron chi connectivity index (χ0n) is 12.6. The standard InChI is InChI=1S/C15H19FN2O4/c1-10-7-11(16)8-12(13(10)18(21)22)14(19)17(2)9-15(20)5-3-4-6-15/h7-8,20H,3-6,9H2,1-2H3. The summed E-state index contributed by atoms with van der Waals surface area (Å²) in [6.45, 7) is 1.47. The van der Waals surface area contributed by atoms with Crippen LogP contribution >= 0.6 is 0 Å². The molecule has 0 unspecified atom stereocenters. The molecule has 0 aromatic heterocycles. The largest absolute Gasteiger partial charge is 0.388 e.